The van der Waals surface area contributed by atoms with E-state index in [-0.39, 0.29) is 0 Å². The number of nitrogen functional groups attached to an aromatic ring is 1. The first-order valence-corrected chi connectivity index (χ1v) is 6.05. The van der Waals surface area contributed by atoms with Crippen LogP contribution in [0.3, 0.4) is 0 Å². The minimum absolute atomic E-state index is 0.770. The fourth-order valence-electron chi connectivity index (χ4n) is 1.77. The number of anilines is 2. The second kappa shape index (κ2) is 5.77. The van der Waals surface area contributed by atoms with Gasteiger partial charge in [-0.25, -0.2) is 0 Å². The molecule has 0 saturated carbocycles. The Kier molecular flexibility index (Phi) is 4.65. The average molecular weight is 224 g/mol. The molecule has 16 heavy (non-hydrogen) atoms. The summed E-state index contributed by atoms with van der Waals surface area (Å²) in [7, 11) is 1.92. The van der Waals surface area contributed by atoms with E-state index in [1.54, 1.807) is 0 Å². The fourth-order valence-corrected chi connectivity index (χ4v) is 1.77. The second-order valence-electron chi connectivity index (χ2n) is 4.79. The normalized spacial score (nSPS) is 11.1. The molecule has 0 spiro atoms. The minimum Gasteiger partial charge on any atom is -0.394 e. The number of nitrogens with two attached hydrogens (primary N) is 1. The van der Waals surface area contributed by atoms with Gasteiger partial charge in [0.15, 0.2) is 0 Å². The first-order chi connectivity index (χ1) is 7.52. The zero-order valence-corrected chi connectivity index (χ0v) is 10.9. The van der Waals surface area contributed by atoms with Gasteiger partial charge in [-0.15, -0.1) is 0 Å². The van der Waals surface area contributed by atoms with Crippen molar-refractivity contribution >= 4 is 11.5 Å². The van der Waals surface area contributed by atoms with Crippen LogP contribution in [0.4, 0.5) is 11.5 Å². The molecule has 0 aliphatic carbocycles. The minimum atomic E-state index is 0.770. The standard InChI is InChI=1S/C12H24N4/c1-9(2)7-5-6-8-14-12-11(13)10(3)15-16(12)4/h9,14H,5-8,13H2,1-4H3. The molecule has 0 atom stereocenters. The molecule has 4 heteroatoms. The summed E-state index contributed by atoms with van der Waals surface area (Å²) in [5.74, 6) is 1.74. The Bertz CT molecular complexity index is 328. The van der Waals surface area contributed by atoms with Crippen molar-refractivity contribution in [2.24, 2.45) is 13.0 Å². The molecule has 1 aromatic heterocycles. The number of rotatable bonds is 6. The first-order valence-electron chi connectivity index (χ1n) is 6.05. The topological polar surface area (TPSA) is 55.9 Å². The summed E-state index contributed by atoms with van der Waals surface area (Å²) < 4.78 is 1.81. The maximum atomic E-state index is 5.92. The van der Waals surface area contributed by atoms with Crippen LogP contribution in [0.15, 0.2) is 0 Å². The molecule has 4 nitrogen and oxygen atoms in total. The number of unbranched alkanes of at least 4 members (excludes halogenated alkanes) is 1. The van der Waals surface area contributed by atoms with Gasteiger partial charge in [-0.3, -0.25) is 4.68 Å². The van der Waals surface area contributed by atoms with E-state index >= 15 is 0 Å². The predicted octanol–water partition coefficient (Wildman–Crippen LogP) is 2.55. The zero-order valence-electron chi connectivity index (χ0n) is 10.9. The van der Waals surface area contributed by atoms with E-state index in [4.69, 9.17) is 5.73 Å². The molecule has 0 aromatic carbocycles. The summed E-state index contributed by atoms with van der Waals surface area (Å²) in [6.45, 7) is 7.42. The van der Waals surface area contributed by atoms with Crippen LogP contribution >= 0.6 is 0 Å². The van der Waals surface area contributed by atoms with Gasteiger partial charge in [-0.05, 0) is 19.3 Å². The van der Waals surface area contributed by atoms with Crippen molar-refractivity contribution in [2.45, 2.75) is 40.0 Å². The van der Waals surface area contributed by atoms with Gasteiger partial charge in [0.25, 0.3) is 0 Å². The molecule has 92 valence electrons. The Balaban J connectivity index is 2.32. The van der Waals surface area contributed by atoms with E-state index in [0.717, 1.165) is 29.7 Å². The molecule has 0 radical (unpaired) electrons. The molecule has 1 rings (SSSR count). The van der Waals surface area contributed by atoms with E-state index in [0.29, 0.717) is 0 Å². The average Bonchev–Trinajstić information content (AvgIpc) is 2.43. The van der Waals surface area contributed by atoms with Crippen molar-refractivity contribution in [3.63, 3.8) is 0 Å². The lowest BCUT2D eigenvalue weighted by atomic mass is 10.1. The van der Waals surface area contributed by atoms with Gasteiger partial charge < -0.3 is 11.1 Å². The van der Waals surface area contributed by atoms with E-state index < -0.39 is 0 Å². The zero-order chi connectivity index (χ0) is 12.1. The van der Waals surface area contributed by atoms with Crippen molar-refractivity contribution in [1.29, 1.82) is 0 Å². The SMILES string of the molecule is Cc1nn(C)c(NCCCCC(C)C)c1N. The van der Waals surface area contributed by atoms with E-state index in [1.165, 1.54) is 19.3 Å². The maximum absolute atomic E-state index is 5.92. The molecular formula is C12H24N4. The van der Waals surface area contributed by atoms with Crippen molar-refractivity contribution in [2.75, 3.05) is 17.6 Å². The van der Waals surface area contributed by atoms with Crippen LogP contribution in [0.5, 0.6) is 0 Å². The molecule has 0 unspecified atom stereocenters. The van der Waals surface area contributed by atoms with Crippen LogP contribution in [0.2, 0.25) is 0 Å². The molecular weight excluding hydrogens is 200 g/mol. The third kappa shape index (κ3) is 3.43. The molecule has 0 saturated heterocycles. The fraction of sp³-hybridized carbons (Fsp3) is 0.750. The van der Waals surface area contributed by atoms with Gasteiger partial charge in [0.1, 0.15) is 5.82 Å². The van der Waals surface area contributed by atoms with Crippen molar-refractivity contribution < 1.29 is 0 Å². The van der Waals surface area contributed by atoms with Gasteiger partial charge in [0.05, 0.1) is 11.4 Å². The highest BCUT2D eigenvalue weighted by Crippen LogP contribution is 2.20. The molecule has 1 aromatic rings. The first kappa shape index (κ1) is 12.9. The van der Waals surface area contributed by atoms with Crippen LogP contribution in [0, 0.1) is 12.8 Å². The predicted molar refractivity (Wildman–Crippen MR) is 69.5 cm³/mol. The van der Waals surface area contributed by atoms with Gasteiger partial charge in [0.2, 0.25) is 0 Å². The Morgan fingerprint density at radius 3 is 2.56 bits per heavy atom. The largest absolute Gasteiger partial charge is 0.394 e. The molecule has 0 bridgehead atoms. The quantitative estimate of drug-likeness (QED) is 0.730. The van der Waals surface area contributed by atoms with Crippen LogP contribution in [0.1, 0.15) is 38.8 Å². The summed E-state index contributed by atoms with van der Waals surface area (Å²) in [6, 6.07) is 0. The molecule has 3 N–H and O–H groups in total. The lowest BCUT2D eigenvalue weighted by Crippen LogP contribution is -2.08. The van der Waals surface area contributed by atoms with Gasteiger partial charge >= 0.3 is 0 Å². The van der Waals surface area contributed by atoms with E-state index in [2.05, 4.69) is 24.3 Å². The third-order valence-electron chi connectivity index (χ3n) is 2.77. The van der Waals surface area contributed by atoms with Crippen LogP contribution in [-0.4, -0.2) is 16.3 Å². The second-order valence-corrected chi connectivity index (χ2v) is 4.79. The molecule has 0 fully saturated rings. The summed E-state index contributed by atoms with van der Waals surface area (Å²) in [4.78, 5) is 0. The smallest absolute Gasteiger partial charge is 0.147 e. The number of aromatic nitrogens is 2. The van der Waals surface area contributed by atoms with Crippen LogP contribution in [-0.2, 0) is 7.05 Å². The van der Waals surface area contributed by atoms with Crippen LogP contribution in [0.25, 0.3) is 0 Å². The Labute approximate surface area is 98.2 Å². The summed E-state index contributed by atoms with van der Waals surface area (Å²) in [6.07, 6.45) is 3.74. The number of aryl methyl sites for hydroxylation is 2. The number of nitrogens with one attached hydrogen (secondary N) is 1. The lowest BCUT2D eigenvalue weighted by molar-refractivity contribution is 0.544. The van der Waals surface area contributed by atoms with Gasteiger partial charge in [0, 0.05) is 13.6 Å². The molecule has 0 aliphatic rings. The Morgan fingerprint density at radius 2 is 2.06 bits per heavy atom. The summed E-state index contributed by atoms with van der Waals surface area (Å²) in [5, 5.41) is 7.62. The lowest BCUT2D eigenvalue weighted by Gasteiger charge is -2.08. The Morgan fingerprint density at radius 1 is 1.38 bits per heavy atom. The highest BCUT2D eigenvalue weighted by Gasteiger charge is 2.08. The number of hydrogen-bond donors (Lipinski definition) is 2. The van der Waals surface area contributed by atoms with Crippen molar-refractivity contribution in [1.82, 2.24) is 9.78 Å². The molecule has 0 aliphatic heterocycles. The van der Waals surface area contributed by atoms with Gasteiger partial charge in [-0.1, -0.05) is 26.7 Å². The van der Waals surface area contributed by atoms with Crippen LogP contribution < -0.4 is 11.1 Å². The Hall–Kier alpha value is -1.19. The monoisotopic (exact) mass is 224 g/mol. The highest BCUT2D eigenvalue weighted by molar-refractivity contribution is 5.64. The third-order valence-corrected chi connectivity index (χ3v) is 2.77. The maximum Gasteiger partial charge on any atom is 0.147 e. The molecule has 1 heterocycles. The van der Waals surface area contributed by atoms with Gasteiger partial charge in [-0.2, -0.15) is 5.10 Å². The number of nitrogens with zero attached hydrogens (tertiary/aromatic N) is 2. The van der Waals surface area contributed by atoms with Crippen molar-refractivity contribution in [3.8, 4) is 0 Å². The van der Waals surface area contributed by atoms with Crippen molar-refractivity contribution in [3.05, 3.63) is 5.69 Å². The number of hydrogen-bond acceptors (Lipinski definition) is 3. The highest BCUT2D eigenvalue weighted by atomic mass is 15.3. The summed E-state index contributed by atoms with van der Waals surface area (Å²) in [5.41, 5.74) is 7.59. The van der Waals surface area contributed by atoms with E-state index in [9.17, 15) is 0 Å². The molecule has 0 amide bonds. The van der Waals surface area contributed by atoms with E-state index in [1.807, 2.05) is 18.7 Å². The summed E-state index contributed by atoms with van der Waals surface area (Å²) >= 11 is 0.